The van der Waals surface area contributed by atoms with Crippen LogP contribution in [0.15, 0.2) is 33.5 Å². The summed E-state index contributed by atoms with van der Waals surface area (Å²) in [6.07, 6.45) is 1.79. The second kappa shape index (κ2) is 7.59. The van der Waals surface area contributed by atoms with E-state index in [1.54, 1.807) is 6.26 Å². The summed E-state index contributed by atoms with van der Waals surface area (Å²) in [5.74, 6) is -0.829. The molecular formula is C12H12N4O5S3. The van der Waals surface area contributed by atoms with E-state index in [1.807, 2.05) is 4.72 Å². The molecule has 0 atom stereocenters. The SMILES string of the molecule is COC(=O)c1ccccc1S(=O)(=O)NC(=O)Nc1nnc(SC)s1. The van der Waals surface area contributed by atoms with Gasteiger partial charge in [0, 0.05) is 0 Å². The monoisotopic (exact) mass is 388 g/mol. The lowest BCUT2D eigenvalue weighted by molar-refractivity contribution is 0.0596. The van der Waals surface area contributed by atoms with E-state index >= 15 is 0 Å². The van der Waals surface area contributed by atoms with Crippen LogP contribution in [0.2, 0.25) is 0 Å². The highest BCUT2D eigenvalue weighted by Gasteiger charge is 2.25. The van der Waals surface area contributed by atoms with Crippen LogP contribution in [0, 0.1) is 0 Å². The molecule has 128 valence electrons. The molecule has 0 saturated carbocycles. The minimum Gasteiger partial charge on any atom is -0.465 e. The number of aromatic nitrogens is 2. The molecule has 24 heavy (non-hydrogen) atoms. The minimum atomic E-state index is -4.28. The molecule has 0 aliphatic rings. The van der Waals surface area contributed by atoms with E-state index in [0.29, 0.717) is 4.34 Å². The molecule has 0 aliphatic carbocycles. The first kappa shape index (κ1) is 18.2. The van der Waals surface area contributed by atoms with Crippen molar-refractivity contribution in [3.05, 3.63) is 29.8 Å². The average Bonchev–Trinajstić information content (AvgIpc) is 3.01. The normalized spacial score (nSPS) is 10.9. The maximum atomic E-state index is 12.3. The van der Waals surface area contributed by atoms with Gasteiger partial charge >= 0.3 is 12.0 Å². The van der Waals surface area contributed by atoms with E-state index in [1.165, 1.54) is 36.0 Å². The Morgan fingerprint density at radius 2 is 1.96 bits per heavy atom. The molecule has 0 aliphatic heterocycles. The molecule has 2 rings (SSSR count). The lowest BCUT2D eigenvalue weighted by Crippen LogP contribution is -2.35. The molecule has 2 amide bonds. The van der Waals surface area contributed by atoms with Gasteiger partial charge < -0.3 is 4.74 Å². The Balaban J connectivity index is 2.19. The number of nitrogens with one attached hydrogen (secondary N) is 2. The van der Waals surface area contributed by atoms with Crippen molar-refractivity contribution in [1.82, 2.24) is 14.9 Å². The summed E-state index contributed by atoms with van der Waals surface area (Å²) < 4.78 is 31.6. The third-order valence-electron chi connectivity index (χ3n) is 2.61. The van der Waals surface area contributed by atoms with Gasteiger partial charge in [0.25, 0.3) is 10.0 Å². The van der Waals surface area contributed by atoms with Crippen molar-refractivity contribution >= 4 is 50.3 Å². The number of sulfonamides is 1. The fraction of sp³-hybridized carbons (Fsp3) is 0.167. The van der Waals surface area contributed by atoms with Gasteiger partial charge in [0.15, 0.2) is 4.34 Å². The highest BCUT2D eigenvalue weighted by atomic mass is 32.2. The smallest absolute Gasteiger partial charge is 0.339 e. The molecule has 1 aromatic carbocycles. The second-order valence-electron chi connectivity index (χ2n) is 4.12. The molecule has 0 saturated heterocycles. The summed E-state index contributed by atoms with van der Waals surface area (Å²) >= 11 is 2.43. The number of nitrogens with zero attached hydrogens (tertiary/aromatic N) is 2. The molecule has 2 aromatic rings. The lowest BCUT2D eigenvalue weighted by atomic mass is 10.2. The standard InChI is InChI=1S/C12H12N4O5S3/c1-21-9(17)7-5-3-4-6-8(7)24(19,20)16-10(18)13-11-14-15-12(22-2)23-11/h3-6H,1-2H3,(H2,13,14,16,18). The van der Waals surface area contributed by atoms with Gasteiger partial charge in [-0.1, -0.05) is 35.2 Å². The van der Waals surface area contributed by atoms with Crippen LogP contribution in [0.3, 0.4) is 0 Å². The van der Waals surface area contributed by atoms with Gasteiger partial charge in [-0.25, -0.2) is 22.7 Å². The quantitative estimate of drug-likeness (QED) is 0.449. The Bertz CT molecular complexity index is 865. The minimum absolute atomic E-state index is 0.147. The van der Waals surface area contributed by atoms with Crippen molar-refractivity contribution in [3.63, 3.8) is 0 Å². The van der Waals surface area contributed by atoms with Gasteiger partial charge in [-0.3, -0.25) is 5.32 Å². The molecular weight excluding hydrogens is 376 g/mol. The lowest BCUT2D eigenvalue weighted by Gasteiger charge is -2.10. The van der Waals surface area contributed by atoms with Crippen molar-refractivity contribution in [2.75, 3.05) is 18.7 Å². The number of methoxy groups -OCH3 is 1. The molecule has 0 bridgehead atoms. The van der Waals surface area contributed by atoms with Crippen LogP contribution in [0.5, 0.6) is 0 Å². The van der Waals surface area contributed by atoms with Crippen LogP contribution in [-0.4, -0.2) is 44.0 Å². The second-order valence-corrected chi connectivity index (χ2v) is 7.81. The number of benzene rings is 1. The van der Waals surface area contributed by atoms with Gasteiger partial charge in [-0.05, 0) is 18.4 Å². The zero-order chi connectivity index (χ0) is 17.7. The fourth-order valence-corrected chi connectivity index (χ4v) is 3.89. The molecule has 0 radical (unpaired) electrons. The summed E-state index contributed by atoms with van der Waals surface area (Å²) in [5, 5.41) is 9.88. The third-order valence-corrected chi connectivity index (χ3v) is 5.81. The first-order valence-electron chi connectivity index (χ1n) is 6.26. The third kappa shape index (κ3) is 4.21. The van der Waals surface area contributed by atoms with E-state index in [4.69, 9.17) is 0 Å². The predicted molar refractivity (Wildman–Crippen MR) is 88.8 cm³/mol. The fourth-order valence-electron chi connectivity index (χ4n) is 1.62. The predicted octanol–water partition coefficient (Wildman–Crippen LogP) is 1.56. The number of urea groups is 1. The largest absolute Gasteiger partial charge is 0.465 e. The number of anilines is 1. The number of thioether (sulfide) groups is 1. The van der Waals surface area contributed by atoms with Crippen molar-refractivity contribution < 1.29 is 22.7 Å². The van der Waals surface area contributed by atoms with E-state index in [9.17, 15) is 18.0 Å². The maximum absolute atomic E-state index is 12.3. The zero-order valence-electron chi connectivity index (χ0n) is 12.5. The number of rotatable bonds is 5. The Morgan fingerprint density at radius 1 is 1.25 bits per heavy atom. The summed E-state index contributed by atoms with van der Waals surface area (Å²) in [6, 6.07) is 4.37. The van der Waals surface area contributed by atoms with Crippen LogP contribution < -0.4 is 10.0 Å². The Kier molecular flexibility index (Phi) is 5.75. The maximum Gasteiger partial charge on any atom is 0.339 e. The summed E-state index contributed by atoms with van der Waals surface area (Å²) in [6.45, 7) is 0. The van der Waals surface area contributed by atoms with Gasteiger partial charge in [-0.15, -0.1) is 10.2 Å². The molecule has 1 aromatic heterocycles. The van der Waals surface area contributed by atoms with E-state index in [-0.39, 0.29) is 15.6 Å². The summed E-state index contributed by atoms with van der Waals surface area (Å²) in [7, 11) is -3.15. The summed E-state index contributed by atoms with van der Waals surface area (Å²) in [4.78, 5) is 23.2. The Hall–Kier alpha value is -2.18. The number of hydrogen-bond acceptors (Lipinski definition) is 9. The molecule has 0 unspecified atom stereocenters. The highest BCUT2D eigenvalue weighted by molar-refractivity contribution is 8.00. The number of ether oxygens (including phenoxy) is 1. The van der Waals surface area contributed by atoms with Gasteiger partial charge in [0.2, 0.25) is 5.13 Å². The Labute approximate surface area is 145 Å². The first-order chi connectivity index (χ1) is 11.4. The van der Waals surface area contributed by atoms with E-state index in [0.717, 1.165) is 18.4 Å². The topological polar surface area (TPSA) is 127 Å². The number of hydrogen-bond donors (Lipinski definition) is 2. The van der Waals surface area contributed by atoms with Gasteiger partial charge in [0.05, 0.1) is 12.7 Å². The van der Waals surface area contributed by atoms with Crippen LogP contribution >= 0.6 is 23.1 Å². The highest BCUT2D eigenvalue weighted by Crippen LogP contribution is 2.23. The zero-order valence-corrected chi connectivity index (χ0v) is 14.9. The molecule has 1 heterocycles. The van der Waals surface area contributed by atoms with Crippen LogP contribution in [0.25, 0.3) is 0 Å². The summed E-state index contributed by atoms with van der Waals surface area (Å²) in [5.41, 5.74) is -0.180. The van der Waals surface area contributed by atoms with Crippen molar-refractivity contribution in [3.8, 4) is 0 Å². The first-order valence-corrected chi connectivity index (χ1v) is 9.78. The van der Waals surface area contributed by atoms with Crippen LogP contribution in [0.1, 0.15) is 10.4 Å². The molecule has 9 nitrogen and oxygen atoms in total. The number of carbonyl (C=O) groups excluding carboxylic acids is 2. The molecule has 12 heteroatoms. The van der Waals surface area contributed by atoms with Gasteiger partial charge in [-0.2, -0.15) is 0 Å². The van der Waals surface area contributed by atoms with Gasteiger partial charge in [0.1, 0.15) is 4.90 Å². The van der Waals surface area contributed by atoms with Crippen LogP contribution in [-0.2, 0) is 14.8 Å². The van der Waals surface area contributed by atoms with E-state index < -0.39 is 22.0 Å². The van der Waals surface area contributed by atoms with Crippen molar-refractivity contribution in [1.29, 1.82) is 0 Å². The van der Waals surface area contributed by atoms with Crippen LogP contribution in [0.4, 0.5) is 9.93 Å². The number of amides is 2. The van der Waals surface area contributed by atoms with Crippen molar-refractivity contribution in [2.24, 2.45) is 0 Å². The number of carbonyl (C=O) groups is 2. The molecule has 0 spiro atoms. The molecule has 0 fully saturated rings. The van der Waals surface area contributed by atoms with E-state index in [2.05, 4.69) is 20.3 Å². The average molecular weight is 388 g/mol. The van der Waals surface area contributed by atoms with Crippen molar-refractivity contribution in [2.45, 2.75) is 9.24 Å². The molecule has 2 N–H and O–H groups in total. The Morgan fingerprint density at radius 3 is 2.58 bits per heavy atom. The number of esters is 1.